The predicted molar refractivity (Wildman–Crippen MR) is 86.1 cm³/mol. The Hall–Kier alpha value is -1.69. The first-order chi connectivity index (χ1) is 10.7. The van der Waals surface area contributed by atoms with E-state index in [9.17, 15) is 0 Å². The van der Waals surface area contributed by atoms with Crippen LogP contribution < -0.4 is 4.90 Å². The average Bonchev–Trinajstić information content (AvgIpc) is 3.00. The van der Waals surface area contributed by atoms with Crippen molar-refractivity contribution in [1.82, 2.24) is 24.7 Å². The maximum Gasteiger partial charge on any atom is 0.138 e. The monoisotopic (exact) mass is 320 g/mol. The zero-order valence-corrected chi connectivity index (χ0v) is 13.8. The van der Waals surface area contributed by atoms with Crippen molar-refractivity contribution in [2.75, 3.05) is 18.0 Å². The highest BCUT2D eigenvalue weighted by atomic mass is 35.5. The van der Waals surface area contributed by atoms with Crippen LogP contribution >= 0.6 is 11.6 Å². The fourth-order valence-corrected chi connectivity index (χ4v) is 3.45. The smallest absolute Gasteiger partial charge is 0.138 e. The highest BCUT2D eigenvalue weighted by Crippen LogP contribution is 2.29. The number of hydrogen-bond donors (Lipinski definition) is 0. The molecule has 1 aliphatic rings. The van der Waals surface area contributed by atoms with Crippen molar-refractivity contribution in [3.8, 4) is 0 Å². The number of hydrogen-bond acceptors (Lipinski definition) is 5. The van der Waals surface area contributed by atoms with Gasteiger partial charge in [0.25, 0.3) is 0 Å². The lowest BCUT2D eigenvalue weighted by Crippen LogP contribution is -2.38. The molecule has 0 spiro atoms. The summed E-state index contributed by atoms with van der Waals surface area (Å²) in [7, 11) is 0. The normalized spacial score (nSPS) is 18.7. The maximum atomic E-state index is 6.31. The molecule has 1 atom stereocenters. The van der Waals surface area contributed by atoms with Crippen LogP contribution in [-0.4, -0.2) is 37.8 Å². The Labute approximate surface area is 135 Å². The first kappa shape index (κ1) is 15.2. The zero-order chi connectivity index (χ0) is 15.5. The van der Waals surface area contributed by atoms with Crippen molar-refractivity contribution in [1.29, 1.82) is 0 Å². The molecule has 6 nitrogen and oxygen atoms in total. The van der Waals surface area contributed by atoms with Crippen molar-refractivity contribution in [2.24, 2.45) is 5.92 Å². The standard InChI is InChI=1S/C15H21ClN6/c1-3-13-14(16)19-11(2)20-15(13)21-6-4-5-12(7-21)8-22-10-17-9-18-22/h9-10,12H,3-8H2,1-2H3. The van der Waals surface area contributed by atoms with Gasteiger partial charge >= 0.3 is 0 Å². The molecule has 0 bridgehead atoms. The third-order valence-corrected chi connectivity index (χ3v) is 4.44. The van der Waals surface area contributed by atoms with E-state index in [1.54, 1.807) is 12.7 Å². The van der Waals surface area contributed by atoms with Crippen LogP contribution in [0.5, 0.6) is 0 Å². The molecular formula is C15H21ClN6. The van der Waals surface area contributed by atoms with Crippen LogP contribution in [0.1, 0.15) is 31.2 Å². The number of aryl methyl sites for hydroxylation is 1. The molecule has 118 valence electrons. The van der Waals surface area contributed by atoms with E-state index in [1.807, 2.05) is 11.6 Å². The van der Waals surface area contributed by atoms with Gasteiger partial charge in [0.1, 0.15) is 29.5 Å². The lowest BCUT2D eigenvalue weighted by Gasteiger charge is -2.34. The van der Waals surface area contributed by atoms with E-state index in [2.05, 4.69) is 31.9 Å². The number of piperidine rings is 1. The highest BCUT2D eigenvalue weighted by Gasteiger charge is 2.24. The van der Waals surface area contributed by atoms with Gasteiger partial charge in [0, 0.05) is 25.2 Å². The largest absolute Gasteiger partial charge is 0.356 e. The molecule has 22 heavy (non-hydrogen) atoms. The van der Waals surface area contributed by atoms with Gasteiger partial charge in [0.2, 0.25) is 0 Å². The van der Waals surface area contributed by atoms with Crippen LogP contribution in [0.15, 0.2) is 12.7 Å². The van der Waals surface area contributed by atoms with Gasteiger partial charge in [-0.05, 0) is 32.1 Å². The first-order valence-electron chi connectivity index (χ1n) is 7.77. The molecule has 7 heteroatoms. The van der Waals surface area contributed by atoms with E-state index in [4.69, 9.17) is 11.6 Å². The van der Waals surface area contributed by atoms with E-state index >= 15 is 0 Å². The molecule has 1 fully saturated rings. The second kappa shape index (κ2) is 6.60. The van der Waals surface area contributed by atoms with Gasteiger partial charge in [0.15, 0.2) is 0 Å². The number of rotatable bonds is 4. The van der Waals surface area contributed by atoms with E-state index in [0.717, 1.165) is 49.7 Å². The van der Waals surface area contributed by atoms with Crippen LogP contribution in [0.3, 0.4) is 0 Å². The Kier molecular flexibility index (Phi) is 4.57. The molecule has 1 unspecified atom stereocenters. The Balaban J connectivity index is 1.80. The molecule has 3 heterocycles. The summed E-state index contributed by atoms with van der Waals surface area (Å²) in [4.78, 5) is 15.3. The van der Waals surface area contributed by atoms with Gasteiger partial charge < -0.3 is 4.90 Å². The summed E-state index contributed by atoms with van der Waals surface area (Å²) >= 11 is 6.31. The summed E-state index contributed by atoms with van der Waals surface area (Å²) in [6, 6.07) is 0. The Morgan fingerprint density at radius 3 is 2.95 bits per heavy atom. The zero-order valence-electron chi connectivity index (χ0n) is 13.0. The third kappa shape index (κ3) is 3.21. The van der Waals surface area contributed by atoms with Crippen molar-refractivity contribution < 1.29 is 0 Å². The second-order valence-electron chi connectivity index (χ2n) is 5.79. The molecular weight excluding hydrogens is 300 g/mol. The van der Waals surface area contributed by atoms with Crippen LogP contribution in [0.2, 0.25) is 5.15 Å². The number of aromatic nitrogens is 5. The molecule has 0 saturated carbocycles. The SMILES string of the molecule is CCc1c(Cl)nc(C)nc1N1CCCC(Cn2cncn2)C1. The predicted octanol–water partition coefficient (Wildman–Crippen LogP) is 2.51. The topological polar surface area (TPSA) is 59.7 Å². The number of nitrogens with zero attached hydrogens (tertiary/aromatic N) is 6. The quantitative estimate of drug-likeness (QED) is 0.810. The summed E-state index contributed by atoms with van der Waals surface area (Å²) in [5, 5.41) is 4.80. The molecule has 0 radical (unpaired) electrons. The second-order valence-corrected chi connectivity index (χ2v) is 6.15. The van der Waals surface area contributed by atoms with Gasteiger partial charge in [-0.2, -0.15) is 5.10 Å². The Morgan fingerprint density at radius 2 is 2.23 bits per heavy atom. The summed E-state index contributed by atoms with van der Waals surface area (Å²) in [6.45, 7) is 6.88. The first-order valence-corrected chi connectivity index (χ1v) is 8.15. The molecule has 1 aliphatic heterocycles. The van der Waals surface area contributed by atoms with Crippen molar-refractivity contribution >= 4 is 17.4 Å². The molecule has 2 aromatic heterocycles. The van der Waals surface area contributed by atoms with Gasteiger partial charge in [-0.15, -0.1) is 0 Å². The highest BCUT2D eigenvalue weighted by molar-refractivity contribution is 6.30. The fourth-order valence-electron chi connectivity index (χ4n) is 3.11. The van der Waals surface area contributed by atoms with Crippen molar-refractivity contribution in [2.45, 2.75) is 39.7 Å². The Morgan fingerprint density at radius 1 is 1.36 bits per heavy atom. The molecule has 1 saturated heterocycles. The third-order valence-electron chi connectivity index (χ3n) is 4.13. The lowest BCUT2D eigenvalue weighted by molar-refractivity contribution is 0.350. The summed E-state index contributed by atoms with van der Waals surface area (Å²) in [5.41, 5.74) is 1.05. The van der Waals surface area contributed by atoms with Crippen LogP contribution in [0.4, 0.5) is 5.82 Å². The van der Waals surface area contributed by atoms with Crippen LogP contribution in [0, 0.1) is 12.8 Å². The number of halogens is 1. The van der Waals surface area contributed by atoms with Crippen molar-refractivity contribution in [3.63, 3.8) is 0 Å². The van der Waals surface area contributed by atoms with Gasteiger partial charge in [-0.1, -0.05) is 18.5 Å². The van der Waals surface area contributed by atoms with E-state index < -0.39 is 0 Å². The molecule has 0 aliphatic carbocycles. The molecule has 2 aromatic rings. The number of anilines is 1. The van der Waals surface area contributed by atoms with Gasteiger partial charge in [-0.3, -0.25) is 4.68 Å². The Bertz CT molecular complexity index is 627. The minimum atomic E-state index is 0.550. The van der Waals surface area contributed by atoms with Gasteiger partial charge in [0.05, 0.1) is 0 Å². The van der Waals surface area contributed by atoms with E-state index in [1.165, 1.54) is 6.42 Å². The maximum absolute atomic E-state index is 6.31. The van der Waals surface area contributed by atoms with Crippen LogP contribution in [-0.2, 0) is 13.0 Å². The van der Waals surface area contributed by atoms with Gasteiger partial charge in [-0.25, -0.2) is 15.0 Å². The molecule has 0 aromatic carbocycles. The minimum absolute atomic E-state index is 0.550. The summed E-state index contributed by atoms with van der Waals surface area (Å²) in [5.74, 6) is 2.29. The lowest BCUT2D eigenvalue weighted by atomic mass is 9.97. The summed E-state index contributed by atoms with van der Waals surface area (Å²) < 4.78 is 1.91. The fraction of sp³-hybridized carbons (Fsp3) is 0.600. The molecule has 3 rings (SSSR count). The van der Waals surface area contributed by atoms with Crippen LogP contribution in [0.25, 0.3) is 0 Å². The van der Waals surface area contributed by atoms with E-state index in [0.29, 0.717) is 11.1 Å². The average molecular weight is 321 g/mol. The molecule has 0 amide bonds. The minimum Gasteiger partial charge on any atom is -0.356 e. The van der Waals surface area contributed by atoms with Crippen molar-refractivity contribution in [3.05, 3.63) is 29.2 Å². The summed E-state index contributed by atoms with van der Waals surface area (Å²) in [6.07, 6.45) is 6.57. The molecule has 0 N–H and O–H groups in total. The van der Waals surface area contributed by atoms with E-state index in [-0.39, 0.29) is 0 Å².